The summed E-state index contributed by atoms with van der Waals surface area (Å²) in [6.07, 6.45) is 5.03. The number of hydrazone groups is 1. The summed E-state index contributed by atoms with van der Waals surface area (Å²) < 4.78 is 1.84. The number of phenols is 1. The van der Waals surface area contributed by atoms with Crippen LogP contribution in [0.5, 0.6) is 5.75 Å². The summed E-state index contributed by atoms with van der Waals surface area (Å²) in [5, 5.41) is 15.8. The highest BCUT2D eigenvalue weighted by Gasteiger charge is 2.07. The highest BCUT2D eigenvalue weighted by atomic mass is 35.5. The molecule has 0 bridgehead atoms. The lowest BCUT2D eigenvalue weighted by molar-refractivity contribution is -0.671. The minimum atomic E-state index is -0.304. The van der Waals surface area contributed by atoms with Crippen molar-refractivity contribution in [3.63, 3.8) is 0 Å². The number of pyridine rings is 1. The number of benzene rings is 2. The minimum absolute atomic E-state index is 0. The number of rotatable bonds is 3. The molecular formula is C18H16ClN3O2. The zero-order chi connectivity index (χ0) is 16.2. The van der Waals surface area contributed by atoms with Gasteiger partial charge in [-0.25, -0.2) is 9.99 Å². The van der Waals surface area contributed by atoms with Crippen LogP contribution in [-0.4, -0.2) is 17.2 Å². The van der Waals surface area contributed by atoms with E-state index in [0.29, 0.717) is 11.1 Å². The summed E-state index contributed by atoms with van der Waals surface area (Å²) >= 11 is 0. The molecule has 5 nitrogen and oxygen atoms in total. The van der Waals surface area contributed by atoms with Crippen molar-refractivity contribution in [2.45, 2.75) is 0 Å². The molecule has 0 spiro atoms. The van der Waals surface area contributed by atoms with Crippen molar-refractivity contribution in [1.82, 2.24) is 5.43 Å². The molecule has 24 heavy (non-hydrogen) atoms. The maximum absolute atomic E-state index is 12.0. The predicted molar refractivity (Wildman–Crippen MR) is 88.3 cm³/mol. The zero-order valence-electron chi connectivity index (χ0n) is 13.0. The second kappa shape index (κ2) is 7.57. The maximum Gasteiger partial charge on any atom is 0.271 e. The molecule has 0 fully saturated rings. The second-order valence-corrected chi connectivity index (χ2v) is 5.17. The number of amides is 1. The van der Waals surface area contributed by atoms with Gasteiger partial charge in [0, 0.05) is 17.7 Å². The van der Waals surface area contributed by atoms with Gasteiger partial charge >= 0.3 is 0 Å². The lowest BCUT2D eigenvalue weighted by Crippen LogP contribution is -3.00. The Labute approximate surface area is 145 Å². The Bertz CT molecular complexity index is 892. The molecule has 3 rings (SSSR count). The van der Waals surface area contributed by atoms with E-state index in [2.05, 4.69) is 10.5 Å². The number of hydrogen-bond donors (Lipinski definition) is 2. The Kier molecular flexibility index (Phi) is 5.50. The average molecular weight is 342 g/mol. The third-order valence-corrected chi connectivity index (χ3v) is 3.55. The van der Waals surface area contributed by atoms with Crippen LogP contribution in [0.4, 0.5) is 0 Å². The molecule has 122 valence electrons. The first-order valence-electron chi connectivity index (χ1n) is 7.14. The van der Waals surface area contributed by atoms with Crippen LogP contribution in [0.15, 0.2) is 66.0 Å². The van der Waals surface area contributed by atoms with E-state index in [4.69, 9.17) is 0 Å². The molecule has 6 heteroatoms. The third kappa shape index (κ3) is 3.70. The van der Waals surface area contributed by atoms with Gasteiger partial charge in [0.15, 0.2) is 12.4 Å². The number of halogens is 1. The number of nitrogens with zero attached hydrogens (tertiary/aromatic N) is 2. The van der Waals surface area contributed by atoms with Crippen molar-refractivity contribution in [3.05, 3.63) is 72.1 Å². The molecule has 1 amide bonds. The van der Waals surface area contributed by atoms with Gasteiger partial charge in [0.05, 0.1) is 11.8 Å². The Hall–Kier alpha value is -2.92. The van der Waals surface area contributed by atoms with Crippen LogP contribution in [0.3, 0.4) is 0 Å². The highest BCUT2D eigenvalue weighted by molar-refractivity contribution is 6.03. The fourth-order valence-corrected chi connectivity index (χ4v) is 2.29. The molecule has 1 aromatic heterocycles. The summed E-state index contributed by atoms with van der Waals surface area (Å²) in [6.45, 7) is 0. The first-order valence-corrected chi connectivity index (χ1v) is 7.14. The van der Waals surface area contributed by atoms with Crippen LogP contribution in [0, 0.1) is 0 Å². The summed E-state index contributed by atoms with van der Waals surface area (Å²) in [5.74, 6) is -0.185. The van der Waals surface area contributed by atoms with Crippen LogP contribution < -0.4 is 22.4 Å². The predicted octanol–water partition coefficient (Wildman–Crippen LogP) is -0.862. The van der Waals surface area contributed by atoms with E-state index in [9.17, 15) is 9.90 Å². The third-order valence-electron chi connectivity index (χ3n) is 3.55. The average Bonchev–Trinajstić information content (AvgIpc) is 2.57. The molecule has 0 saturated heterocycles. The number of aryl methyl sites for hydroxylation is 1. The molecule has 0 radical (unpaired) electrons. The van der Waals surface area contributed by atoms with Gasteiger partial charge in [0.25, 0.3) is 5.91 Å². The molecule has 0 aliphatic carbocycles. The monoisotopic (exact) mass is 341 g/mol. The summed E-state index contributed by atoms with van der Waals surface area (Å²) in [6, 6.07) is 14.5. The van der Waals surface area contributed by atoms with Crippen LogP contribution in [0.25, 0.3) is 10.8 Å². The second-order valence-electron chi connectivity index (χ2n) is 5.17. The molecule has 1 heterocycles. The normalized spacial score (nSPS) is 10.5. The van der Waals surface area contributed by atoms with Gasteiger partial charge in [-0.05, 0) is 16.8 Å². The molecule has 3 aromatic rings. The van der Waals surface area contributed by atoms with Gasteiger partial charge in [0.1, 0.15) is 12.8 Å². The quantitative estimate of drug-likeness (QED) is 0.370. The zero-order valence-corrected chi connectivity index (χ0v) is 13.7. The van der Waals surface area contributed by atoms with Crippen molar-refractivity contribution >= 4 is 22.9 Å². The van der Waals surface area contributed by atoms with Gasteiger partial charge < -0.3 is 17.5 Å². The smallest absolute Gasteiger partial charge is 0.271 e. The van der Waals surface area contributed by atoms with Gasteiger partial charge in [-0.3, -0.25) is 4.79 Å². The molecule has 0 aliphatic heterocycles. The summed E-state index contributed by atoms with van der Waals surface area (Å²) in [5.41, 5.74) is 3.56. The molecule has 0 aliphatic rings. The van der Waals surface area contributed by atoms with Crippen LogP contribution in [-0.2, 0) is 7.05 Å². The van der Waals surface area contributed by atoms with E-state index in [0.717, 1.165) is 10.8 Å². The SMILES string of the molecule is C[n+]1ccc(C(=O)N/N=C/c2c(O)ccc3ccccc23)cc1.[Cl-]. The number of nitrogens with one attached hydrogen (secondary N) is 1. The van der Waals surface area contributed by atoms with E-state index in [-0.39, 0.29) is 24.1 Å². The number of phenolic OH excluding ortho intramolecular Hbond substituents is 1. The minimum Gasteiger partial charge on any atom is -1.00 e. The van der Waals surface area contributed by atoms with Crippen molar-refractivity contribution in [3.8, 4) is 5.75 Å². The Morgan fingerprint density at radius 1 is 1.12 bits per heavy atom. The van der Waals surface area contributed by atoms with Gasteiger partial charge in [-0.2, -0.15) is 5.10 Å². The van der Waals surface area contributed by atoms with Gasteiger partial charge in [-0.1, -0.05) is 30.3 Å². The number of aromatic hydroxyl groups is 1. The maximum atomic E-state index is 12.0. The Balaban J connectivity index is 0.00000208. The van der Waals surface area contributed by atoms with E-state index in [1.807, 2.05) is 41.9 Å². The molecule has 2 aromatic carbocycles. The number of carbonyl (C=O) groups excluding carboxylic acids is 1. The first-order chi connectivity index (χ1) is 11.1. The van der Waals surface area contributed by atoms with Crippen LogP contribution in [0.2, 0.25) is 0 Å². The standard InChI is InChI=1S/C18H15N3O2.ClH/c1-21-10-8-14(9-11-21)18(23)20-19-12-16-15-5-3-2-4-13(15)6-7-17(16)22;/h2-12,23H,1H3;1H. The lowest BCUT2D eigenvalue weighted by atomic mass is 10.0. The van der Waals surface area contributed by atoms with Gasteiger partial charge in [-0.15, -0.1) is 0 Å². The Morgan fingerprint density at radius 3 is 2.58 bits per heavy atom. The number of hydrogen-bond acceptors (Lipinski definition) is 3. The van der Waals surface area contributed by atoms with E-state index >= 15 is 0 Å². The van der Waals surface area contributed by atoms with E-state index in [1.54, 1.807) is 30.6 Å². The molecule has 0 atom stereocenters. The highest BCUT2D eigenvalue weighted by Crippen LogP contribution is 2.25. The number of aromatic nitrogens is 1. The fourth-order valence-electron chi connectivity index (χ4n) is 2.29. The van der Waals surface area contributed by atoms with Crippen molar-refractivity contribution in [2.24, 2.45) is 12.1 Å². The fraction of sp³-hybridized carbons (Fsp3) is 0.0556. The van der Waals surface area contributed by atoms with E-state index in [1.165, 1.54) is 6.21 Å². The number of carbonyl (C=O) groups is 1. The van der Waals surface area contributed by atoms with Gasteiger partial charge in [0.2, 0.25) is 0 Å². The van der Waals surface area contributed by atoms with Crippen LogP contribution in [0.1, 0.15) is 15.9 Å². The summed E-state index contributed by atoms with van der Waals surface area (Å²) in [4.78, 5) is 12.0. The molecule has 0 unspecified atom stereocenters. The largest absolute Gasteiger partial charge is 1.00 e. The number of fused-ring (bicyclic) bond motifs is 1. The molecular weight excluding hydrogens is 326 g/mol. The topological polar surface area (TPSA) is 65.6 Å². The molecule has 2 N–H and O–H groups in total. The lowest BCUT2D eigenvalue weighted by Gasteiger charge is -2.04. The van der Waals surface area contributed by atoms with Crippen molar-refractivity contribution < 1.29 is 26.9 Å². The molecule has 0 saturated carbocycles. The first kappa shape index (κ1) is 17.4. The van der Waals surface area contributed by atoms with Crippen molar-refractivity contribution in [1.29, 1.82) is 0 Å². The van der Waals surface area contributed by atoms with E-state index < -0.39 is 0 Å². The van der Waals surface area contributed by atoms with Crippen molar-refractivity contribution in [2.75, 3.05) is 0 Å². The Morgan fingerprint density at radius 2 is 1.83 bits per heavy atom. The summed E-state index contributed by atoms with van der Waals surface area (Å²) in [7, 11) is 1.88. The van der Waals surface area contributed by atoms with Crippen LogP contribution >= 0.6 is 0 Å².